The lowest BCUT2D eigenvalue weighted by atomic mass is 10.0. The van der Waals surface area contributed by atoms with E-state index in [-0.39, 0.29) is 17.7 Å². The number of hydrogen-bond acceptors (Lipinski definition) is 4. The van der Waals surface area contributed by atoms with Gasteiger partial charge in [0.2, 0.25) is 5.91 Å². The predicted octanol–water partition coefficient (Wildman–Crippen LogP) is 0.901. The number of benzene rings is 1. The van der Waals surface area contributed by atoms with Gasteiger partial charge in [-0.05, 0) is 23.7 Å². The van der Waals surface area contributed by atoms with Crippen molar-refractivity contribution in [3.63, 3.8) is 0 Å². The molecule has 6 heteroatoms. The van der Waals surface area contributed by atoms with Crippen molar-refractivity contribution in [3.05, 3.63) is 29.3 Å². The maximum absolute atomic E-state index is 11.7. The fourth-order valence-corrected chi connectivity index (χ4v) is 3.44. The van der Waals surface area contributed by atoms with Crippen LogP contribution in [0.1, 0.15) is 24.1 Å². The molecular formula is C14H20N2O3S. The molecule has 1 atom stereocenters. The first-order chi connectivity index (χ1) is 9.31. The summed E-state index contributed by atoms with van der Waals surface area (Å²) in [6.07, 6.45) is 1.62. The third kappa shape index (κ3) is 3.19. The second-order valence-electron chi connectivity index (χ2n) is 5.22. The van der Waals surface area contributed by atoms with E-state index in [1.54, 1.807) is 11.9 Å². The Labute approximate surface area is 119 Å². The van der Waals surface area contributed by atoms with Crippen molar-refractivity contribution in [2.24, 2.45) is 0 Å². The number of amides is 1. The number of nitrogens with one attached hydrogen (secondary N) is 1. The van der Waals surface area contributed by atoms with Gasteiger partial charge in [0.25, 0.3) is 0 Å². The average Bonchev–Trinajstić information content (AvgIpc) is 2.62. The summed E-state index contributed by atoms with van der Waals surface area (Å²) in [7, 11) is -1.31. The van der Waals surface area contributed by atoms with Crippen molar-refractivity contribution in [2.75, 3.05) is 30.5 Å². The van der Waals surface area contributed by atoms with Gasteiger partial charge in [0, 0.05) is 25.0 Å². The molecule has 1 heterocycles. The van der Waals surface area contributed by atoms with E-state index in [0.717, 1.165) is 16.8 Å². The van der Waals surface area contributed by atoms with Gasteiger partial charge in [-0.2, -0.15) is 0 Å². The van der Waals surface area contributed by atoms with Crippen LogP contribution in [0.25, 0.3) is 0 Å². The normalized spacial score (nSPS) is 16.4. The summed E-state index contributed by atoms with van der Waals surface area (Å²) in [5.74, 6) is 0.129. The summed E-state index contributed by atoms with van der Waals surface area (Å²) in [6.45, 7) is 2.63. The van der Waals surface area contributed by atoms with Gasteiger partial charge in [0.05, 0.1) is 12.2 Å². The molecule has 0 radical (unpaired) electrons. The first-order valence-electron chi connectivity index (χ1n) is 6.62. The smallest absolute Gasteiger partial charge is 0.231 e. The maximum atomic E-state index is 11.7. The molecule has 0 saturated carbocycles. The molecule has 1 unspecified atom stereocenters. The van der Waals surface area contributed by atoms with Gasteiger partial charge in [-0.3, -0.25) is 4.79 Å². The van der Waals surface area contributed by atoms with Gasteiger partial charge in [0.1, 0.15) is 9.84 Å². The predicted molar refractivity (Wildman–Crippen MR) is 79.7 cm³/mol. The Hall–Kier alpha value is -1.40. The molecule has 110 valence electrons. The Morgan fingerprint density at radius 3 is 2.70 bits per heavy atom. The molecular weight excluding hydrogens is 276 g/mol. The number of anilines is 1. The quantitative estimate of drug-likeness (QED) is 0.877. The Bertz CT molecular complexity index is 625. The molecule has 2 rings (SSSR count). The van der Waals surface area contributed by atoms with Crippen LogP contribution in [-0.4, -0.2) is 39.9 Å². The molecule has 0 aliphatic carbocycles. The first kappa shape index (κ1) is 15.0. The van der Waals surface area contributed by atoms with Crippen LogP contribution in [0.4, 0.5) is 5.69 Å². The molecule has 1 N–H and O–H groups in total. The van der Waals surface area contributed by atoms with E-state index < -0.39 is 9.84 Å². The summed E-state index contributed by atoms with van der Waals surface area (Å²) >= 11 is 0. The van der Waals surface area contributed by atoms with Gasteiger partial charge in [-0.15, -0.1) is 0 Å². The van der Waals surface area contributed by atoms with E-state index in [9.17, 15) is 13.2 Å². The number of likely N-dealkylation sites (N-methyl/N-ethyl adjacent to an activating group) is 1. The SMILES string of the molecule is CCNC(CS(C)(=O)=O)c1ccc2c(c1)CC(=O)N2C. The zero-order valence-corrected chi connectivity index (χ0v) is 12.8. The molecule has 0 bridgehead atoms. The highest BCUT2D eigenvalue weighted by Gasteiger charge is 2.25. The van der Waals surface area contributed by atoms with Crippen molar-refractivity contribution >= 4 is 21.4 Å². The minimum atomic E-state index is -3.07. The lowest BCUT2D eigenvalue weighted by molar-refractivity contribution is -0.117. The van der Waals surface area contributed by atoms with Crippen LogP contribution in [0, 0.1) is 0 Å². The van der Waals surface area contributed by atoms with Gasteiger partial charge in [-0.1, -0.05) is 19.1 Å². The molecule has 0 saturated heterocycles. The third-order valence-corrected chi connectivity index (χ3v) is 4.44. The second-order valence-corrected chi connectivity index (χ2v) is 7.41. The van der Waals surface area contributed by atoms with Crippen molar-refractivity contribution in [1.29, 1.82) is 0 Å². The van der Waals surface area contributed by atoms with E-state index >= 15 is 0 Å². The van der Waals surface area contributed by atoms with Crippen LogP contribution in [0.15, 0.2) is 18.2 Å². The summed E-state index contributed by atoms with van der Waals surface area (Å²) < 4.78 is 23.1. The average molecular weight is 296 g/mol. The topological polar surface area (TPSA) is 66.5 Å². The fourth-order valence-electron chi connectivity index (χ4n) is 2.53. The lowest BCUT2D eigenvalue weighted by Crippen LogP contribution is -2.27. The van der Waals surface area contributed by atoms with E-state index in [1.807, 2.05) is 25.1 Å². The zero-order valence-electron chi connectivity index (χ0n) is 12.0. The first-order valence-corrected chi connectivity index (χ1v) is 8.68. The van der Waals surface area contributed by atoms with Crippen molar-refractivity contribution in [3.8, 4) is 0 Å². The van der Waals surface area contributed by atoms with Gasteiger partial charge in [0.15, 0.2) is 0 Å². The zero-order chi connectivity index (χ0) is 14.9. The van der Waals surface area contributed by atoms with Crippen LogP contribution in [0.3, 0.4) is 0 Å². The largest absolute Gasteiger partial charge is 0.315 e. The van der Waals surface area contributed by atoms with Gasteiger partial charge >= 0.3 is 0 Å². The monoisotopic (exact) mass is 296 g/mol. The fraction of sp³-hybridized carbons (Fsp3) is 0.500. The highest BCUT2D eigenvalue weighted by molar-refractivity contribution is 7.90. The van der Waals surface area contributed by atoms with Crippen LogP contribution in [0.2, 0.25) is 0 Å². The molecule has 0 spiro atoms. The molecule has 1 amide bonds. The molecule has 0 fully saturated rings. The van der Waals surface area contributed by atoms with E-state index in [2.05, 4.69) is 5.32 Å². The number of nitrogens with zero attached hydrogens (tertiary/aromatic N) is 1. The minimum absolute atomic E-state index is 0.0589. The molecule has 1 aliphatic rings. The Morgan fingerprint density at radius 1 is 1.40 bits per heavy atom. The van der Waals surface area contributed by atoms with Crippen LogP contribution in [0.5, 0.6) is 0 Å². The highest BCUT2D eigenvalue weighted by atomic mass is 32.2. The second kappa shape index (κ2) is 5.54. The molecule has 5 nitrogen and oxygen atoms in total. The molecule has 1 aromatic rings. The Morgan fingerprint density at radius 2 is 2.10 bits per heavy atom. The Balaban J connectivity index is 2.32. The number of sulfone groups is 1. The standard InChI is InChI=1S/C14H20N2O3S/c1-4-15-12(9-20(3,18)19)10-5-6-13-11(7-10)8-14(17)16(13)2/h5-7,12,15H,4,8-9H2,1-3H3. The van der Waals surface area contributed by atoms with E-state index in [1.165, 1.54) is 6.26 Å². The summed E-state index contributed by atoms with van der Waals surface area (Å²) in [5, 5.41) is 3.19. The maximum Gasteiger partial charge on any atom is 0.231 e. The van der Waals surface area contributed by atoms with Crippen LogP contribution in [-0.2, 0) is 21.1 Å². The summed E-state index contributed by atoms with van der Waals surface area (Å²) in [6, 6.07) is 5.49. The van der Waals surface area contributed by atoms with Gasteiger partial charge in [-0.25, -0.2) is 8.42 Å². The van der Waals surface area contributed by atoms with Crippen molar-refractivity contribution < 1.29 is 13.2 Å². The Kier molecular flexibility index (Phi) is 4.15. The minimum Gasteiger partial charge on any atom is -0.315 e. The molecule has 20 heavy (non-hydrogen) atoms. The number of hydrogen-bond donors (Lipinski definition) is 1. The van der Waals surface area contributed by atoms with Crippen LogP contribution >= 0.6 is 0 Å². The molecule has 1 aromatic carbocycles. The number of carbonyl (C=O) groups excluding carboxylic acids is 1. The third-order valence-electron chi connectivity index (χ3n) is 3.50. The van der Waals surface area contributed by atoms with Crippen molar-refractivity contribution in [1.82, 2.24) is 5.32 Å². The van der Waals surface area contributed by atoms with Crippen LogP contribution < -0.4 is 10.2 Å². The summed E-state index contributed by atoms with van der Waals surface area (Å²) in [5.41, 5.74) is 2.79. The summed E-state index contributed by atoms with van der Waals surface area (Å²) in [4.78, 5) is 13.3. The number of rotatable bonds is 5. The number of fused-ring (bicyclic) bond motifs is 1. The highest BCUT2D eigenvalue weighted by Crippen LogP contribution is 2.30. The van der Waals surface area contributed by atoms with E-state index in [4.69, 9.17) is 0 Å². The lowest BCUT2D eigenvalue weighted by Gasteiger charge is -2.19. The van der Waals surface area contributed by atoms with E-state index in [0.29, 0.717) is 13.0 Å². The van der Waals surface area contributed by atoms with Crippen molar-refractivity contribution in [2.45, 2.75) is 19.4 Å². The molecule has 0 aromatic heterocycles. The molecule has 1 aliphatic heterocycles. The number of carbonyl (C=O) groups is 1. The van der Waals surface area contributed by atoms with Gasteiger partial charge < -0.3 is 10.2 Å².